The second-order valence-corrected chi connectivity index (χ2v) is 4.97. The van der Waals surface area contributed by atoms with E-state index in [1.165, 1.54) is 38.5 Å². The zero-order valence-electron chi connectivity index (χ0n) is 10.2. The second kappa shape index (κ2) is 5.38. The van der Waals surface area contributed by atoms with Crippen molar-refractivity contribution in [3.8, 4) is 5.75 Å². The molecule has 88 valence electrons. The summed E-state index contributed by atoms with van der Waals surface area (Å²) in [5, 5.41) is 0. The largest absolute Gasteiger partial charge is 0.494 e. The third kappa shape index (κ3) is 2.78. The summed E-state index contributed by atoms with van der Waals surface area (Å²) in [6.45, 7) is 3.20. The molecule has 1 heteroatoms. The molecule has 0 unspecified atom stereocenters. The van der Waals surface area contributed by atoms with Crippen LogP contribution in [0.15, 0.2) is 30.3 Å². The Kier molecular flexibility index (Phi) is 3.87. The van der Waals surface area contributed by atoms with E-state index in [1.807, 2.05) is 30.3 Å². The molecule has 16 heavy (non-hydrogen) atoms. The van der Waals surface area contributed by atoms with Crippen LogP contribution < -0.4 is 4.74 Å². The van der Waals surface area contributed by atoms with Gasteiger partial charge in [0.2, 0.25) is 0 Å². The van der Waals surface area contributed by atoms with Crippen LogP contribution >= 0.6 is 0 Å². The molecule has 0 aromatic heterocycles. The lowest BCUT2D eigenvalue weighted by atomic mass is 9.80. The van der Waals surface area contributed by atoms with Crippen molar-refractivity contribution in [2.45, 2.75) is 45.4 Å². The van der Waals surface area contributed by atoms with Gasteiger partial charge >= 0.3 is 0 Å². The van der Waals surface area contributed by atoms with Crippen LogP contribution in [-0.2, 0) is 0 Å². The van der Waals surface area contributed by atoms with Gasteiger partial charge in [-0.15, -0.1) is 0 Å². The molecule has 1 aromatic carbocycles. The van der Waals surface area contributed by atoms with Gasteiger partial charge in [-0.25, -0.2) is 0 Å². The Balaban J connectivity index is 1.79. The van der Waals surface area contributed by atoms with Crippen molar-refractivity contribution in [2.24, 2.45) is 5.41 Å². The summed E-state index contributed by atoms with van der Waals surface area (Å²) in [5.41, 5.74) is 0.592. The molecule has 0 atom stereocenters. The third-order valence-electron chi connectivity index (χ3n) is 4.06. The Morgan fingerprint density at radius 1 is 1.12 bits per heavy atom. The van der Waals surface area contributed by atoms with Crippen LogP contribution in [0.1, 0.15) is 45.4 Å². The number of para-hydroxylation sites is 1. The van der Waals surface area contributed by atoms with Crippen LogP contribution in [0.4, 0.5) is 0 Å². The number of hydrogen-bond donors (Lipinski definition) is 0. The van der Waals surface area contributed by atoms with Gasteiger partial charge in [0.15, 0.2) is 0 Å². The second-order valence-electron chi connectivity index (χ2n) is 4.97. The maximum absolute atomic E-state index is 5.79. The highest BCUT2D eigenvalue weighted by Gasteiger charge is 2.31. The highest BCUT2D eigenvalue weighted by atomic mass is 16.5. The molecule has 0 radical (unpaired) electrons. The summed E-state index contributed by atoms with van der Waals surface area (Å²) in [4.78, 5) is 0. The summed E-state index contributed by atoms with van der Waals surface area (Å²) in [6, 6.07) is 10.2. The lowest BCUT2D eigenvalue weighted by molar-refractivity contribution is 0.192. The molecule has 0 N–H and O–H groups in total. The average molecular weight is 218 g/mol. The lowest BCUT2D eigenvalue weighted by Crippen LogP contribution is -2.18. The Hall–Kier alpha value is -0.980. The standard InChI is InChI=1S/C15H22O/c1-2-15(10-6-7-11-15)12-13-16-14-8-4-3-5-9-14/h3-5,8-9H,2,6-7,10-13H2,1H3. The van der Waals surface area contributed by atoms with Gasteiger partial charge in [0.25, 0.3) is 0 Å². The fraction of sp³-hybridized carbons (Fsp3) is 0.600. The molecule has 1 saturated carbocycles. The normalized spacial score (nSPS) is 18.6. The molecular weight excluding hydrogens is 196 g/mol. The minimum Gasteiger partial charge on any atom is -0.494 e. The summed E-state index contributed by atoms with van der Waals surface area (Å²) < 4.78 is 5.79. The van der Waals surface area contributed by atoms with Gasteiger partial charge in [0.05, 0.1) is 6.61 Å². The Labute approximate surface area is 98.8 Å². The molecule has 1 aliphatic carbocycles. The molecule has 0 heterocycles. The predicted octanol–water partition coefficient (Wildman–Crippen LogP) is 4.43. The van der Waals surface area contributed by atoms with E-state index in [0.29, 0.717) is 5.41 Å². The molecule has 0 bridgehead atoms. The van der Waals surface area contributed by atoms with Crippen molar-refractivity contribution < 1.29 is 4.74 Å². The topological polar surface area (TPSA) is 9.23 Å². The highest BCUT2D eigenvalue weighted by Crippen LogP contribution is 2.43. The Morgan fingerprint density at radius 3 is 2.44 bits per heavy atom. The van der Waals surface area contributed by atoms with E-state index in [2.05, 4.69) is 6.92 Å². The van der Waals surface area contributed by atoms with Crippen molar-refractivity contribution in [2.75, 3.05) is 6.61 Å². The number of ether oxygens (including phenoxy) is 1. The predicted molar refractivity (Wildman–Crippen MR) is 67.7 cm³/mol. The van der Waals surface area contributed by atoms with Crippen molar-refractivity contribution in [1.29, 1.82) is 0 Å². The SMILES string of the molecule is CCC1(CCOc2ccccc2)CCCC1. The zero-order valence-corrected chi connectivity index (χ0v) is 10.2. The minimum absolute atomic E-state index is 0.592. The number of benzene rings is 1. The molecule has 1 aromatic rings. The van der Waals surface area contributed by atoms with Crippen LogP contribution in [0.2, 0.25) is 0 Å². The van der Waals surface area contributed by atoms with Gasteiger partial charge in [0.1, 0.15) is 5.75 Å². The quantitative estimate of drug-likeness (QED) is 0.710. The molecule has 0 amide bonds. The first-order valence-electron chi connectivity index (χ1n) is 6.52. The first kappa shape index (κ1) is 11.5. The van der Waals surface area contributed by atoms with Crippen LogP contribution in [0, 0.1) is 5.41 Å². The van der Waals surface area contributed by atoms with Crippen molar-refractivity contribution in [3.05, 3.63) is 30.3 Å². The fourth-order valence-corrected chi connectivity index (χ4v) is 2.81. The van der Waals surface area contributed by atoms with Gasteiger partial charge in [-0.3, -0.25) is 0 Å². The van der Waals surface area contributed by atoms with E-state index in [9.17, 15) is 0 Å². The molecule has 1 fully saturated rings. The third-order valence-corrected chi connectivity index (χ3v) is 4.06. The lowest BCUT2D eigenvalue weighted by Gasteiger charge is -2.27. The van der Waals surface area contributed by atoms with Crippen LogP contribution in [0.5, 0.6) is 5.75 Å². The van der Waals surface area contributed by atoms with Crippen molar-refractivity contribution >= 4 is 0 Å². The summed E-state index contributed by atoms with van der Waals surface area (Å²) in [6.07, 6.45) is 8.17. The van der Waals surface area contributed by atoms with Gasteiger partial charge in [-0.1, -0.05) is 44.4 Å². The Bertz CT molecular complexity index is 298. The fourth-order valence-electron chi connectivity index (χ4n) is 2.81. The van der Waals surface area contributed by atoms with Gasteiger partial charge < -0.3 is 4.74 Å². The first-order valence-corrected chi connectivity index (χ1v) is 6.52. The number of rotatable bonds is 5. The molecule has 0 spiro atoms. The minimum atomic E-state index is 0.592. The van der Waals surface area contributed by atoms with Gasteiger partial charge in [-0.2, -0.15) is 0 Å². The van der Waals surface area contributed by atoms with E-state index in [4.69, 9.17) is 4.74 Å². The maximum Gasteiger partial charge on any atom is 0.119 e. The zero-order chi connectivity index (χ0) is 11.3. The van der Waals surface area contributed by atoms with E-state index < -0.39 is 0 Å². The molecule has 0 saturated heterocycles. The van der Waals surface area contributed by atoms with Crippen LogP contribution in [-0.4, -0.2) is 6.61 Å². The van der Waals surface area contributed by atoms with E-state index in [1.54, 1.807) is 0 Å². The number of hydrogen-bond acceptors (Lipinski definition) is 1. The van der Waals surface area contributed by atoms with Crippen molar-refractivity contribution in [3.63, 3.8) is 0 Å². The molecule has 0 aliphatic heterocycles. The van der Waals surface area contributed by atoms with Gasteiger partial charge in [0, 0.05) is 0 Å². The summed E-state index contributed by atoms with van der Waals surface area (Å²) >= 11 is 0. The summed E-state index contributed by atoms with van der Waals surface area (Å²) in [5.74, 6) is 1.01. The monoisotopic (exact) mass is 218 g/mol. The smallest absolute Gasteiger partial charge is 0.119 e. The van der Waals surface area contributed by atoms with E-state index in [0.717, 1.165) is 12.4 Å². The molecule has 1 aliphatic rings. The van der Waals surface area contributed by atoms with E-state index in [-0.39, 0.29) is 0 Å². The Morgan fingerprint density at radius 2 is 1.81 bits per heavy atom. The molecule has 1 nitrogen and oxygen atoms in total. The van der Waals surface area contributed by atoms with Gasteiger partial charge in [-0.05, 0) is 36.8 Å². The van der Waals surface area contributed by atoms with E-state index >= 15 is 0 Å². The molecule has 2 rings (SSSR count). The first-order chi connectivity index (χ1) is 7.85. The summed E-state index contributed by atoms with van der Waals surface area (Å²) in [7, 11) is 0. The van der Waals surface area contributed by atoms with Crippen molar-refractivity contribution in [1.82, 2.24) is 0 Å². The highest BCUT2D eigenvalue weighted by molar-refractivity contribution is 5.20. The average Bonchev–Trinajstić information content (AvgIpc) is 2.80. The molecular formula is C15H22O. The van der Waals surface area contributed by atoms with Crippen LogP contribution in [0.3, 0.4) is 0 Å². The maximum atomic E-state index is 5.79. The van der Waals surface area contributed by atoms with Crippen LogP contribution in [0.25, 0.3) is 0 Å².